The molecule has 1 saturated heterocycles. The molecular weight excluding hydrogens is 156 g/mol. The van der Waals surface area contributed by atoms with E-state index in [9.17, 15) is 9.59 Å². The van der Waals surface area contributed by atoms with E-state index in [0.717, 1.165) is 0 Å². The first kappa shape index (κ1) is 9.03. The zero-order chi connectivity index (χ0) is 8.81. The molecule has 1 heterocycles. The van der Waals surface area contributed by atoms with Crippen LogP contribution in [0.25, 0.3) is 0 Å². The van der Waals surface area contributed by atoms with E-state index in [-0.39, 0.29) is 12.5 Å². The van der Waals surface area contributed by atoms with Gasteiger partial charge in [0.15, 0.2) is 0 Å². The van der Waals surface area contributed by atoms with Gasteiger partial charge in [-0.3, -0.25) is 10.1 Å². The Balaban J connectivity index is 0.000000127. The van der Waals surface area contributed by atoms with Gasteiger partial charge < -0.3 is 5.32 Å². The molecule has 2 aliphatic rings. The van der Waals surface area contributed by atoms with E-state index >= 15 is 0 Å². The molecule has 0 unspecified atom stereocenters. The smallest absolute Gasteiger partial charge is 0.321 e. The van der Waals surface area contributed by atoms with Crippen LogP contribution < -0.4 is 10.6 Å². The highest BCUT2D eigenvalue weighted by molar-refractivity contribution is 6.01. The lowest BCUT2D eigenvalue weighted by molar-refractivity contribution is -0.117. The van der Waals surface area contributed by atoms with E-state index < -0.39 is 6.03 Å². The summed E-state index contributed by atoms with van der Waals surface area (Å²) < 4.78 is 0. The van der Waals surface area contributed by atoms with Crippen molar-refractivity contribution in [3.05, 3.63) is 0 Å². The lowest BCUT2D eigenvalue weighted by Crippen LogP contribution is -2.22. The summed E-state index contributed by atoms with van der Waals surface area (Å²) in [4.78, 5) is 20.1. The Morgan fingerprint density at radius 1 is 0.917 bits per heavy atom. The molecule has 0 aromatic rings. The molecule has 0 spiro atoms. The van der Waals surface area contributed by atoms with Crippen LogP contribution in [0, 0.1) is 0 Å². The van der Waals surface area contributed by atoms with Crippen molar-refractivity contribution in [1.82, 2.24) is 10.6 Å². The van der Waals surface area contributed by atoms with Crippen molar-refractivity contribution in [2.24, 2.45) is 0 Å². The fourth-order valence-electron chi connectivity index (χ4n) is 1.26. The minimum Gasteiger partial charge on any atom is -0.329 e. The lowest BCUT2D eigenvalue weighted by atomic mass is 10.4. The van der Waals surface area contributed by atoms with Gasteiger partial charge in [-0.25, -0.2) is 4.79 Å². The summed E-state index contributed by atoms with van der Waals surface area (Å²) in [5, 5.41) is 4.30. The van der Waals surface area contributed by atoms with Crippen LogP contribution in [0.1, 0.15) is 32.1 Å². The maximum atomic E-state index is 10.1. The molecule has 12 heavy (non-hydrogen) atoms. The van der Waals surface area contributed by atoms with Gasteiger partial charge in [-0.2, -0.15) is 0 Å². The molecule has 1 aliphatic carbocycles. The number of amides is 3. The molecule has 2 rings (SSSR count). The Morgan fingerprint density at radius 3 is 1.58 bits per heavy atom. The maximum Gasteiger partial charge on any atom is 0.321 e. The molecule has 2 N–H and O–H groups in total. The van der Waals surface area contributed by atoms with Crippen LogP contribution >= 0.6 is 0 Å². The van der Waals surface area contributed by atoms with Gasteiger partial charge in [-0.1, -0.05) is 32.1 Å². The Kier molecular flexibility index (Phi) is 3.57. The van der Waals surface area contributed by atoms with Crippen LogP contribution in [0.3, 0.4) is 0 Å². The predicted octanol–water partition coefficient (Wildman–Crippen LogP) is 0.776. The zero-order valence-corrected chi connectivity index (χ0v) is 7.06. The third-order valence-corrected chi connectivity index (χ3v) is 1.91. The number of nitrogens with one attached hydrogen (secondary N) is 2. The number of carbonyl (C=O) groups is 2. The summed E-state index contributed by atoms with van der Waals surface area (Å²) in [6, 6.07) is -0.398. The lowest BCUT2D eigenvalue weighted by Gasteiger charge is -1.78. The van der Waals surface area contributed by atoms with Gasteiger partial charge in [-0.15, -0.1) is 0 Å². The Hall–Kier alpha value is -1.06. The van der Waals surface area contributed by atoms with Crippen molar-refractivity contribution in [1.29, 1.82) is 0 Å². The first-order valence-corrected chi connectivity index (χ1v) is 4.37. The number of hydrogen-bond donors (Lipinski definition) is 2. The van der Waals surface area contributed by atoms with Crippen LogP contribution in [0.4, 0.5) is 4.79 Å². The monoisotopic (exact) mass is 170 g/mol. The molecule has 0 bridgehead atoms. The highest BCUT2D eigenvalue weighted by atomic mass is 16.2. The molecule has 3 amide bonds. The highest BCUT2D eigenvalue weighted by Crippen LogP contribution is 2.15. The van der Waals surface area contributed by atoms with Crippen molar-refractivity contribution in [3.63, 3.8) is 0 Å². The quantitative estimate of drug-likeness (QED) is 0.528. The van der Waals surface area contributed by atoms with E-state index in [4.69, 9.17) is 0 Å². The van der Waals surface area contributed by atoms with Gasteiger partial charge in [0.05, 0.1) is 6.54 Å². The maximum absolute atomic E-state index is 10.1. The van der Waals surface area contributed by atoms with Gasteiger partial charge in [-0.05, 0) is 0 Å². The summed E-state index contributed by atoms with van der Waals surface area (Å²) in [5.41, 5.74) is 0. The normalized spacial score (nSPS) is 21.0. The Morgan fingerprint density at radius 2 is 1.42 bits per heavy atom. The van der Waals surface area contributed by atoms with Crippen LogP contribution in [0.5, 0.6) is 0 Å². The van der Waals surface area contributed by atoms with E-state index in [1.807, 2.05) is 5.32 Å². The van der Waals surface area contributed by atoms with Crippen LogP contribution in [0.15, 0.2) is 0 Å². The van der Waals surface area contributed by atoms with Crippen molar-refractivity contribution in [3.8, 4) is 0 Å². The SMILES string of the molecule is C1CCCC1.O=C1CNC(=O)N1. The molecule has 0 radical (unpaired) electrons. The first-order valence-electron chi connectivity index (χ1n) is 4.37. The summed E-state index contributed by atoms with van der Waals surface area (Å²) >= 11 is 0. The highest BCUT2D eigenvalue weighted by Gasteiger charge is 2.14. The Bertz CT molecular complexity index is 154. The molecule has 4 heteroatoms. The predicted molar refractivity (Wildman–Crippen MR) is 44.6 cm³/mol. The molecule has 0 atom stereocenters. The third kappa shape index (κ3) is 3.37. The number of hydrogen-bond acceptors (Lipinski definition) is 2. The number of imide groups is 1. The molecule has 0 aromatic heterocycles. The minimum atomic E-state index is -0.398. The number of rotatable bonds is 0. The van der Waals surface area contributed by atoms with Gasteiger partial charge in [0, 0.05) is 0 Å². The largest absolute Gasteiger partial charge is 0.329 e. The zero-order valence-electron chi connectivity index (χ0n) is 7.06. The second-order valence-corrected chi connectivity index (χ2v) is 3.00. The van der Waals surface area contributed by atoms with E-state index in [1.54, 1.807) is 0 Å². The van der Waals surface area contributed by atoms with Gasteiger partial charge in [0.1, 0.15) is 0 Å². The van der Waals surface area contributed by atoms with E-state index in [0.29, 0.717) is 0 Å². The van der Waals surface area contributed by atoms with Gasteiger partial charge in [0.25, 0.3) is 0 Å². The molecule has 68 valence electrons. The summed E-state index contributed by atoms with van der Waals surface area (Å²) in [6.07, 6.45) is 7.50. The molecule has 1 saturated carbocycles. The standard InChI is InChI=1S/C5H10.C3H4N2O2/c1-2-4-5-3-1;6-2-1-4-3(7)5-2/h1-5H2;1H2,(H2,4,5,6,7). The fraction of sp³-hybridized carbons (Fsp3) is 0.750. The summed E-state index contributed by atoms with van der Waals surface area (Å²) in [6.45, 7) is 0.124. The average molecular weight is 170 g/mol. The number of urea groups is 1. The van der Waals surface area contributed by atoms with Crippen molar-refractivity contribution in [2.75, 3.05) is 6.54 Å². The van der Waals surface area contributed by atoms with E-state index in [2.05, 4.69) is 5.32 Å². The fourth-order valence-corrected chi connectivity index (χ4v) is 1.26. The average Bonchev–Trinajstić information content (AvgIpc) is 2.63. The second-order valence-electron chi connectivity index (χ2n) is 3.00. The van der Waals surface area contributed by atoms with Crippen molar-refractivity contribution >= 4 is 11.9 Å². The van der Waals surface area contributed by atoms with Gasteiger partial charge in [0.2, 0.25) is 5.91 Å². The number of carbonyl (C=O) groups excluding carboxylic acids is 2. The second kappa shape index (κ2) is 4.74. The third-order valence-electron chi connectivity index (χ3n) is 1.91. The molecule has 1 aliphatic heterocycles. The summed E-state index contributed by atoms with van der Waals surface area (Å²) in [5.74, 6) is -0.259. The van der Waals surface area contributed by atoms with Crippen molar-refractivity contribution in [2.45, 2.75) is 32.1 Å². The molecule has 4 nitrogen and oxygen atoms in total. The van der Waals surface area contributed by atoms with Crippen LogP contribution in [-0.4, -0.2) is 18.5 Å². The topological polar surface area (TPSA) is 58.2 Å². The van der Waals surface area contributed by atoms with Gasteiger partial charge >= 0.3 is 6.03 Å². The molecule has 2 fully saturated rings. The molecular formula is C8H14N2O2. The van der Waals surface area contributed by atoms with E-state index in [1.165, 1.54) is 32.1 Å². The van der Waals surface area contributed by atoms with Crippen LogP contribution in [-0.2, 0) is 4.79 Å². The minimum absolute atomic E-state index is 0.124. The first-order chi connectivity index (χ1) is 5.79. The van der Waals surface area contributed by atoms with Crippen LogP contribution in [0.2, 0.25) is 0 Å². The van der Waals surface area contributed by atoms with Crippen molar-refractivity contribution < 1.29 is 9.59 Å². The summed E-state index contributed by atoms with van der Waals surface area (Å²) in [7, 11) is 0. The molecule has 0 aromatic carbocycles. The Labute approximate surface area is 71.7 Å².